The Morgan fingerprint density at radius 2 is 2.12 bits per heavy atom. The van der Waals surface area contributed by atoms with Crippen LogP contribution in [0.2, 0.25) is 0 Å². The predicted molar refractivity (Wildman–Crippen MR) is 80.4 cm³/mol. The van der Waals surface area contributed by atoms with Crippen molar-refractivity contribution in [1.29, 1.82) is 0 Å². The molecule has 0 spiro atoms. The van der Waals surface area contributed by atoms with E-state index in [0.29, 0.717) is 5.56 Å². The number of nitrogens with zero attached hydrogens (tertiary/aromatic N) is 1. The molecule has 0 saturated heterocycles. The van der Waals surface area contributed by atoms with Gasteiger partial charge in [-0.2, -0.15) is 8.78 Å². The van der Waals surface area contributed by atoms with Crippen molar-refractivity contribution in [3.05, 3.63) is 22.1 Å². The van der Waals surface area contributed by atoms with E-state index in [1.54, 1.807) is 0 Å². The van der Waals surface area contributed by atoms with Crippen molar-refractivity contribution in [2.45, 2.75) is 24.7 Å². The van der Waals surface area contributed by atoms with Crippen molar-refractivity contribution >= 4 is 24.6 Å². The quantitative estimate of drug-likeness (QED) is 0.318. The standard InChI is InChI=1S/C11H16F2N5O5P/c12-11(13,24(21,22)23)1-6(4-19)15-2-5-3-16-8-7(5)17-10(14)18-9(8)20/h3,6,15-16,19H,1-2,4H2,(H2,21,22,23)(H3,14,17,18,20). The topological polar surface area (TPSA) is 177 Å². The number of rotatable bonds is 7. The molecule has 2 rings (SSSR count). The fraction of sp³-hybridized carbons (Fsp3) is 0.455. The number of hydrogen-bond acceptors (Lipinski definition) is 6. The Labute approximate surface area is 133 Å². The van der Waals surface area contributed by atoms with Crippen LogP contribution in [-0.2, 0) is 11.1 Å². The molecule has 1 atom stereocenters. The zero-order valence-corrected chi connectivity index (χ0v) is 13.1. The summed E-state index contributed by atoms with van der Waals surface area (Å²) >= 11 is 0. The van der Waals surface area contributed by atoms with Crippen molar-refractivity contribution in [2.75, 3.05) is 12.3 Å². The van der Waals surface area contributed by atoms with E-state index in [1.807, 2.05) is 0 Å². The summed E-state index contributed by atoms with van der Waals surface area (Å²) in [4.78, 5) is 37.8. The number of H-pyrrole nitrogens is 2. The molecule has 2 aromatic heterocycles. The van der Waals surface area contributed by atoms with Crippen LogP contribution in [0.1, 0.15) is 12.0 Å². The van der Waals surface area contributed by atoms with Gasteiger partial charge in [-0.15, -0.1) is 0 Å². The zero-order chi connectivity index (χ0) is 18.1. The van der Waals surface area contributed by atoms with E-state index in [9.17, 15) is 18.1 Å². The SMILES string of the molecule is Nc1nc2c(CNC(CO)CC(F)(F)P(=O)(O)O)c[nH]c2c(=O)[nH]1. The number of fused-ring (bicyclic) bond motifs is 1. The van der Waals surface area contributed by atoms with Crippen LogP contribution >= 0.6 is 7.60 Å². The smallest absolute Gasteiger partial charge is 0.394 e. The largest absolute Gasteiger partial charge is 0.395 e. The Bertz CT molecular complexity index is 832. The van der Waals surface area contributed by atoms with Gasteiger partial charge in [-0.1, -0.05) is 0 Å². The molecule has 0 saturated carbocycles. The lowest BCUT2D eigenvalue weighted by Crippen LogP contribution is -2.37. The third kappa shape index (κ3) is 3.79. The van der Waals surface area contributed by atoms with Gasteiger partial charge in [-0.25, -0.2) is 4.98 Å². The molecule has 0 bridgehead atoms. The van der Waals surface area contributed by atoms with Crippen LogP contribution in [-0.4, -0.2) is 48.2 Å². The number of anilines is 1. The van der Waals surface area contributed by atoms with Gasteiger partial charge in [0.15, 0.2) is 0 Å². The first-order valence-corrected chi connectivity index (χ1v) is 8.30. The second-order valence-corrected chi connectivity index (χ2v) is 6.91. The Kier molecular flexibility index (Phi) is 5.06. The Morgan fingerprint density at radius 3 is 2.71 bits per heavy atom. The molecule has 13 heteroatoms. The summed E-state index contributed by atoms with van der Waals surface area (Å²) in [5.41, 5.74) is 1.45. The van der Waals surface area contributed by atoms with Gasteiger partial charge in [-0.05, 0) is 0 Å². The van der Waals surface area contributed by atoms with E-state index in [4.69, 9.17) is 20.6 Å². The molecular weight excluding hydrogens is 351 g/mol. The highest BCUT2D eigenvalue weighted by molar-refractivity contribution is 7.53. The number of nitrogen functional groups attached to an aromatic ring is 1. The van der Waals surface area contributed by atoms with E-state index in [0.717, 1.165) is 0 Å². The maximum atomic E-state index is 13.4. The molecule has 0 aromatic carbocycles. The minimum Gasteiger partial charge on any atom is -0.395 e. The number of halogens is 2. The summed E-state index contributed by atoms with van der Waals surface area (Å²) in [5, 5.41) is 11.7. The van der Waals surface area contributed by atoms with E-state index >= 15 is 0 Å². The lowest BCUT2D eigenvalue weighted by molar-refractivity contribution is 0.0317. The molecular formula is C11H16F2N5O5P. The first kappa shape index (κ1) is 18.5. The minimum absolute atomic E-state index is 0.0850. The van der Waals surface area contributed by atoms with Crippen molar-refractivity contribution in [3.63, 3.8) is 0 Å². The highest BCUT2D eigenvalue weighted by atomic mass is 31.2. The van der Waals surface area contributed by atoms with Gasteiger partial charge in [-0.3, -0.25) is 14.3 Å². The van der Waals surface area contributed by atoms with Crippen LogP contribution in [0, 0.1) is 0 Å². The lowest BCUT2D eigenvalue weighted by Gasteiger charge is -2.23. The molecule has 0 amide bonds. The minimum atomic E-state index is -5.64. The number of hydrogen-bond donors (Lipinski definition) is 7. The third-order valence-electron chi connectivity index (χ3n) is 3.35. The summed E-state index contributed by atoms with van der Waals surface area (Å²) in [6, 6.07) is -1.28. The zero-order valence-electron chi connectivity index (χ0n) is 12.2. The molecule has 24 heavy (non-hydrogen) atoms. The van der Waals surface area contributed by atoms with Gasteiger partial charge in [0, 0.05) is 30.8 Å². The van der Waals surface area contributed by atoms with Crippen molar-refractivity contribution in [1.82, 2.24) is 20.3 Å². The van der Waals surface area contributed by atoms with Crippen LogP contribution in [0.25, 0.3) is 11.0 Å². The average Bonchev–Trinajstić information content (AvgIpc) is 2.85. The molecule has 134 valence electrons. The van der Waals surface area contributed by atoms with Gasteiger partial charge in [0.1, 0.15) is 11.0 Å². The summed E-state index contributed by atoms with van der Waals surface area (Å²) in [5.74, 6) is -0.125. The summed E-state index contributed by atoms with van der Waals surface area (Å²) in [6.45, 7) is -0.855. The van der Waals surface area contributed by atoms with E-state index in [2.05, 4.69) is 20.3 Å². The second kappa shape index (κ2) is 6.57. The number of alkyl halides is 2. The molecule has 0 fully saturated rings. The highest BCUT2D eigenvalue weighted by Crippen LogP contribution is 2.55. The van der Waals surface area contributed by atoms with Crippen molar-refractivity contribution in [3.8, 4) is 0 Å². The Balaban J connectivity index is 2.15. The molecule has 1 unspecified atom stereocenters. The number of aromatic nitrogens is 3. The van der Waals surface area contributed by atoms with Crippen LogP contribution in [0.3, 0.4) is 0 Å². The van der Waals surface area contributed by atoms with Gasteiger partial charge >= 0.3 is 13.3 Å². The molecule has 0 aliphatic rings. The molecule has 8 N–H and O–H groups in total. The van der Waals surface area contributed by atoms with Crippen molar-refractivity contribution < 1.29 is 28.2 Å². The number of nitrogens with one attached hydrogen (secondary N) is 3. The number of aliphatic hydroxyl groups is 1. The Hall–Kier alpha value is -1.85. The molecule has 0 aliphatic heterocycles. The number of aliphatic hydroxyl groups excluding tert-OH is 1. The highest BCUT2D eigenvalue weighted by Gasteiger charge is 2.49. The first-order valence-electron chi connectivity index (χ1n) is 6.68. The summed E-state index contributed by atoms with van der Waals surface area (Å²) < 4.78 is 37.6. The summed E-state index contributed by atoms with van der Waals surface area (Å²) in [7, 11) is -5.64. The summed E-state index contributed by atoms with van der Waals surface area (Å²) in [6.07, 6.45) is 0.154. The number of nitrogens with two attached hydrogens (primary N) is 1. The van der Waals surface area contributed by atoms with E-state index < -0.39 is 37.9 Å². The van der Waals surface area contributed by atoms with Crippen LogP contribution in [0.4, 0.5) is 14.7 Å². The van der Waals surface area contributed by atoms with Gasteiger partial charge in [0.25, 0.3) is 5.56 Å². The predicted octanol–water partition coefficient (Wildman–Crippen LogP) is -0.556. The fourth-order valence-electron chi connectivity index (χ4n) is 2.09. The van der Waals surface area contributed by atoms with Gasteiger partial charge in [0.05, 0.1) is 6.61 Å². The molecule has 10 nitrogen and oxygen atoms in total. The molecule has 2 heterocycles. The average molecular weight is 367 g/mol. The monoisotopic (exact) mass is 367 g/mol. The lowest BCUT2D eigenvalue weighted by atomic mass is 10.2. The second-order valence-electron chi connectivity index (χ2n) is 5.16. The fourth-order valence-corrected chi connectivity index (χ4v) is 2.55. The number of aromatic amines is 2. The molecule has 0 radical (unpaired) electrons. The van der Waals surface area contributed by atoms with Crippen molar-refractivity contribution in [2.24, 2.45) is 0 Å². The van der Waals surface area contributed by atoms with E-state index in [1.165, 1.54) is 6.20 Å². The molecule has 0 aliphatic carbocycles. The van der Waals surface area contributed by atoms with E-state index in [-0.39, 0.29) is 23.5 Å². The maximum absolute atomic E-state index is 13.4. The molecule has 2 aromatic rings. The van der Waals surface area contributed by atoms with Crippen LogP contribution < -0.4 is 16.6 Å². The Morgan fingerprint density at radius 1 is 1.46 bits per heavy atom. The normalized spacial score (nSPS) is 14.2. The van der Waals surface area contributed by atoms with Gasteiger partial charge in [0.2, 0.25) is 5.95 Å². The van der Waals surface area contributed by atoms with Crippen LogP contribution in [0.15, 0.2) is 11.0 Å². The third-order valence-corrected chi connectivity index (χ3v) is 4.39. The maximum Gasteiger partial charge on any atom is 0.394 e. The van der Waals surface area contributed by atoms with Crippen LogP contribution in [0.5, 0.6) is 0 Å². The first-order chi connectivity index (χ1) is 11.0. The van der Waals surface area contributed by atoms with Gasteiger partial charge < -0.3 is 30.9 Å².